The Labute approximate surface area is 200 Å². The van der Waals surface area contributed by atoms with Crippen LogP contribution in [0.2, 0.25) is 0 Å². The van der Waals surface area contributed by atoms with E-state index in [2.05, 4.69) is 11.8 Å². The number of rotatable bonds is 6. The molecule has 0 aliphatic carbocycles. The standard InChI is InChI=1S/C29H31NO4/c1-19-5-4-14-30(19)15-16-33-25-11-8-21(9-12-25)29-28(22-6-3-7-23(31)17-22)20(2)26-18-24(32)10-13-27(26)34-29/h3,6-13,17-19,29,31-32H,4-5,14-16H2,1-2H3. The number of nitrogens with zero attached hydrogens (tertiary/aromatic N) is 1. The zero-order valence-corrected chi connectivity index (χ0v) is 19.7. The summed E-state index contributed by atoms with van der Waals surface area (Å²) in [5, 5.41) is 20.2. The molecule has 5 rings (SSSR count). The van der Waals surface area contributed by atoms with Gasteiger partial charge in [0.25, 0.3) is 0 Å². The van der Waals surface area contributed by atoms with Crippen molar-refractivity contribution in [2.75, 3.05) is 19.7 Å². The molecule has 2 atom stereocenters. The summed E-state index contributed by atoms with van der Waals surface area (Å²) in [4.78, 5) is 2.48. The van der Waals surface area contributed by atoms with Gasteiger partial charge in [-0.3, -0.25) is 4.90 Å². The summed E-state index contributed by atoms with van der Waals surface area (Å²) in [6.45, 7) is 7.09. The zero-order valence-electron chi connectivity index (χ0n) is 19.7. The number of fused-ring (bicyclic) bond motifs is 1. The van der Waals surface area contributed by atoms with Gasteiger partial charge in [-0.05, 0) is 92.4 Å². The molecule has 0 amide bonds. The van der Waals surface area contributed by atoms with Crippen molar-refractivity contribution in [2.24, 2.45) is 0 Å². The fourth-order valence-electron chi connectivity index (χ4n) is 5.06. The third-order valence-electron chi connectivity index (χ3n) is 6.96. The normalized spacial score (nSPS) is 20.2. The highest BCUT2D eigenvalue weighted by atomic mass is 16.5. The number of aromatic hydroxyl groups is 2. The lowest BCUT2D eigenvalue weighted by atomic mass is 9.86. The Morgan fingerprint density at radius 2 is 1.79 bits per heavy atom. The van der Waals surface area contributed by atoms with Crippen LogP contribution in [0.5, 0.6) is 23.0 Å². The van der Waals surface area contributed by atoms with Gasteiger partial charge in [0.1, 0.15) is 35.7 Å². The summed E-state index contributed by atoms with van der Waals surface area (Å²) < 4.78 is 12.5. The van der Waals surface area contributed by atoms with Crippen LogP contribution in [-0.4, -0.2) is 40.9 Å². The summed E-state index contributed by atoms with van der Waals surface area (Å²) in [5.74, 6) is 1.97. The third-order valence-corrected chi connectivity index (χ3v) is 6.96. The molecule has 34 heavy (non-hydrogen) atoms. The summed E-state index contributed by atoms with van der Waals surface area (Å²) in [7, 11) is 0. The van der Waals surface area contributed by atoms with E-state index in [1.807, 2.05) is 43.3 Å². The lowest BCUT2D eigenvalue weighted by Crippen LogP contribution is -2.31. The molecule has 5 nitrogen and oxygen atoms in total. The van der Waals surface area contributed by atoms with E-state index in [1.165, 1.54) is 12.8 Å². The molecule has 2 heterocycles. The van der Waals surface area contributed by atoms with Crippen molar-refractivity contribution in [3.63, 3.8) is 0 Å². The van der Waals surface area contributed by atoms with Crippen molar-refractivity contribution in [1.29, 1.82) is 0 Å². The molecular formula is C29H31NO4. The molecule has 1 fully saturated rings. The van der Waals surface area contributed by atoms with Crippen molar-refractivity contribution in [3.8, 4) is 23.0 Å². The fraction of sp³-hybridized carbons (Fsp3) is 0.310. The molecule has 2 aliphatic heterocycles. The number of ether oxygens (including phenoxy) is 2. The average Bonchev–Trinajstić information content (AvgIpc) is 3.24. The third kappa shape index (κ3) is 4.48. The maximum atomic E-state index is 10.1. The van der Waals surface area contributed by atoms with E-state index < -0.39 is 0 Å². The first-order chi connectivity index (χ1) is 16.5. The molecule has 0 aromatic heterocycles. The van der Waals surface area contributed by atoms with Gasteiger partial charge in [0.15, 0.2) is 0 Å². The van der Waals surface area contributed by atoms with Crippen LogP contribution in [0.1, 0.15) is 49.5 Å². The average molecular weight is 458 g/mol. The minimum absolute atomic E-state index is 0.195. The van der Waals surface area contributed by atoms with Gasteiger partial charge in [0.2, 0.25) is 0 Å². The highest BCUT2D eigenvalue weighted by molar-refractivity contribution is 5.95. The predicted molar refractivity (Wildman–Crippen MR) is 134 cm³/mol. The molecule has 3 aromatic carbocycles. The maximum absolute atomic E-state index is 10.1. The maximum Gasteiger partial charge on any atom is 0.150 e. The second-order valence-corrected chi connectivity index (χ2v) is 9.21. The number of hydrogen-bond acceptors (Lipinski definition) is 5. The highest BCUT2D eigenvalue weighted by Crippen LogP contribution is 2.47. The predicted octanol–water partition coefficient (Wildman–Crippen LogP) is 6.03. The lowest BCUT2D eigenvalue weighted by molar-refractivity contribution is 0.204. The Morgan fingerprint density at radius 1 is 1.00 bits per heavy atom. The summed E-state index contributed by atoms with van der Waals surface area (Å²) in [5.41, 5.74) is 4.71. The van der Waals surface area contributed by atoms with Crippen molar-refractivity contribution >= 4 is 11.1 Å². The van der Waals surface area contributed by atoms with Gasteiger partial charge in [0.05, 0.1) is 0 Å². The smallest absolute Gasteiger partial charge is 0.150 e. The number of hydrogen-bond donors (Lipinski definition) is 2. The first kappa shape index (κ1) is 22.4. The minimum Gasteiger partial charge on any atom is -0.508 e. The van der Waals surface area contributed by atoms with Crippen LogP contribution in [0, 0.1) is 0 Å². The summed E-state index contributed by atoms with van der Waals surface area (Å²) >= 11 is 0. The number of phenolic OH excluding ortho intramolecular Hbond substituents is 2. The Hall–Kier alpha value is -3.44. The Balaban J connectivity index is 1.41. The molecule has 0 bridgehead atoms. The van der Waals surface area contributed by atoms with E-state index in [9.17, 15) is 10.2 Å². The quantitative estimate of drug-likeness (QED) is 0.474. The fourth-order valence-corrected chi connectivity index (χ4v) is 5.06. The van der Waals surface area contributed by atoms with E-state index >= 15 is 0 Å². The molecule has 0 saturated carbocycles. The molecule has 0 radical (unpaired) electrons. The summed E-state index contributed by atoms with van der Waals surface area (Å²) in [6.07, 6.45) is 2.19. The Kier molecular flexibility index (Phi) is 6.20. The minimum atomic E-state index is -0.349. The van der Waals surface area contributed by atoms with Gasteiger partial charge in [-0.15, -0.1) is 0 Å². The Morgan fingerprint density at radius 3 is 2.53 bits per heavy atom. The van der Waals surface area contributed by atoms with Crippen LogP contribution >= 0.6 is 0 Å². The number of phenols is 2. The van der Waals surface area contributed by atoms with E-state index in [0.717, 1.165) is 52.4 Å². The second-order valence-electron chi connectivity index (χ2n) is 9.21. The van der Waals surface area contributed by atoms with Crippen LogP contribution in [-0.2, 0) is 0 Å². The van der Waals surface area contributed by atoms with Gasteiger partial charge in [-0.25, -0.2) is 0 Å². The van der Waals surface area contributed by atoms with Crippen molar-refractivity contribution in [1.82, 2.24) is 4.90 Å². The van der Waals surface area contributed by atoms with Crippen molar-refractivity contribution in [2.45, 2.75) is 38.8 Å². The molecule has 1 saturated heterocycles. The van der Waals surface area contributed by atoms with Gasteiger partial charge in [0, 0.05) is 23.7 Å². The SMILES string of the molecule is CC1=C(c2cccc(O)c2)C(c2ccc(OCCN3CCCC3C)cc2)Oc2ccc(O)cc21. The van der Waals surface area contributed by atoms with Crippen molar-refractivity contribution < 1.29 is 19.7 Å². The van der Waals surface area contributed by atoms with Crippen LogP contribution in [0.15, 0.2) is 66.7 Å². The largest absolute Gasteiger partial charge is 0.508 e. The van der Waals surface area contributed by atoms with E-state index in [-0.39, 0.29) is 17.6 Å². The molecule has 3 aromatic rings. The monoisotopic (exact) mass is 457 g/mol. The zero-order chi connectivity index (χ0) is 23.7. The van der Waals surface area contributed by atoms with Gasteiger partial charge < -0.3 is 19.7 Å². The lowest BCUT2D eigenvalue weighted by Gasteiger charge is -2.31. The van der Waals surface area contributed by atoms with Crippen LogP contribution < -0.4 is 9.47 Å². The van der Waals surface area contributed by atoms with Crippen molar-refractivity contribution in [3.05, 3.63) is 83.4 Å². The van der Waals surface area contributed by atoms with Gasteiger partial charge in [-0.2, -0.15) is 0 Å². The van der Waals surface area contributed by atoms with Crippen LogP contribution in [0.4, 0.5) is 0 Å². The molecule has 2 N–H and O–H groups in total. The van der Waals surface area contributed by atoms with E-state index in [0.29, 0.717) is 12.6 Å². The van der Waals surface area contributed by atoms with Crippen LogP contribution in [0.3, 0.4) is 0 Å². The highest BCUT2D eigenvalue weighted by Gasteiger charge is 2.29. The van der Waals surface area contributed by atoms with Gasteiger partial charge >= 0.3 is 0 Å². The molecule has 5 heteroatoms. The second kappa shape index (κ2) is 9.43. The first-order valence-electron chi connectivity index (χ1n) is 12.0. The molecule has 0 spiro atoms. The van der Waals surface area contributed by atoms with Crippen LogP contribution in [0.25, 0.3) is 11.1 Å². The first-order valence-corrected chi connectivity index (χ1v) is 12.0. The summed E-state index contributed by atoms with van der Waals surface area (Å²) in [6, 6.07) is 21.1. The molecule has 176 valence electrons. The molecule has 2 unspecified atom stereocenters. The van der Waals surface area contributed by atoms with Gasteiger partial charge in [-0.1, -0.05) is 24.3 Å². The number of benzene rings is 3. The number of allylic oxidation sites excluding steroid dienone is 1. The topological polar surface area (TPSA) is 62.2 Å². The van der Waals surface area contributed by atoms with E-state index in [4.69, 9.17) is 9.47 Å². The molecular weight excluding hydrogens is 426 g/mol. The molecule has 2 aliphatic rings. The van der Waals surface area contributed by atoms with E-state index in [1.54, 1.807) is 30.3 Å². The Bertz CT molecular complexity index is 1200. The number of likely N-dealkylation sites (tertiary alicyclic amines) is 1.